The zero-order chi connectivity index (χ0) is 16.1. The fraction of sp³-hybridized carbons (Fsp3) is 0.200. The Morgan fingerprint density at radius 3 is 2.14 bits per heavy atom. The lowest BCUT2D eigenvalue weighted by Gasteiger charge is -2.08. The first-order valence-electron chi connectivity index (χ1n) is 6.50. The molecule has 22 heavy (non-hydrogen) atoms. The number of phenols is 3. The minimum absolute atomic E-state index is 0.0728. The van der Waals surface area contributed by atoms with Crippen LogP contribution in [0.15, 0.2) is 40.8 Å². The Hall–Kier alpha value is -2.25. The highest BCUT2D eigenvalue weighted by molar-refractivity contribution is 7.69. The summed E-state index contributed by atoms with van der Waals surface area (Å²) in [6, 6.07) is 9.51. The SMILES string of the molecule is CO[S-](=O)=Nc1cc(CCc2ccc(O)c(O)c2)ccc1O. The average molecular weight is 322 g/mol. The van der Waals surface area contributed by atoms with Crippen molar-refractivity contribution in [1.29, 1.82) is 0 Å². The zero-order valence-corrected chi connectivity index (χ0v) is 12.7. The Morgan fingerprint density at radius 1 is 0.955 bits per heavy atom. The second-order valence-electron chi connectivity index (χ2n) is 4.62. The zero-order valence-electron chi connectivity index (χ0n) is 11.9. The summed E-state index contributed by atoms with van der Waals surface area (Å²) in [6.07, 6.45) is 1.26. The molecule has 2 aromatic carbocycles. The van der Waals surface area contributed by atoms with Gasteiger partial charge in [-0.2, -0.15) is 0 Å². The van der Waals surface area contributed by atoms with E-state index in [0.29, 0.717) is 12.8 Å². The Morgan fingerprint density at radius 2 is 1.55 bits per heavy atom. The molecule has 0 atom stereocenters. The third kappa shape index (κ3) is 4.12. The smallest absolute Gasteiger partial charge is 0.157 e. The topological polar surface area (TPSA) is 99.4 Å². The van der Waals surface area contributed by atoms with Gasteiger partial charge in [0.15, 0.2) is 11.5 Å². The predicted octanol–water partition coefficient (Wildman–Crippen LogP) is 2.93. The van der Waals surface area contributed by atoms with E-state index in [1.54, 1.807) is 18.2 Å². The molecule has 2 rings (SSSR count). The van der Waals surface area contributed by atoms with Crippen LogP contribution in [0.1, 0.15) is 11.1 Å². The standard InChI is InChI=1S/C15H16NO5S/c1-21-22(20)16-12-8-10(4-6-13(12)17)2-3-11-5-7-14(18)15(19)9-11/h4-9,17-19H,2-3H2,1H3/q-1. The normalized spacial score (nSPS) is 12.4. The van der Waals surface area contributed by atoms with Crippen LogP contribution in [0.5, 0.6) is 17.2 Å². The molecule has 0 saturated heterocycles. The van der Waals surface area contributed by atoms with Crippen LogP contribution in [-0.2, 0) is 32.1 Å². The number of aromatic hydroxyl groups is 3. The van der Waals surface area contributed by atoms with Gasteiger partial charge in [-0.3, -0.25) is 0 Å². The first-order chi connectivity index (χ1) is 10.5. The molecule has 0 aliphatic rings. The van der Waals surface area contributed by atoms with Gasteiger partial charge in [-0.05, 0) is 48.2 Å². The van der Waals surface area contributed by atoms with E-state index in [0.717, 1.165) is 11.1 Å². The minimum Gasteiger partial charge on any atom is -0.506 e. The molecule has 0 aromatic heterocycles. The van der Waals surface area contributed by atoms with Crippen LogP contribution in [0, 0.1) is 0 Å². The highest BCUT2D eigenvalue weighted by atomic mass is 32.2. The summed E-state index contributed by atoms with van der Waals surface area (Å²) < 4.78 is 19.5. The average Bonchev–Trinajstić information content (AvgIpc) is 2.51. The quantitative estimate of drug-likeness (QED) is 0.580. The molecular formula is C15H16NO5S-. The van der Waals surface area contributed by atoms with Crippen molar-refractivity contribution >= 4 is 16.6 Å². The molecular weight excluding hydrogens is 306 g/mol. The molecule has 7 heteroatoms. The molecule has 0 unspecified atom stereocenters. The third-order valence-corrected chi connectivity index (χ3v) is 3.73. The summed E-state index contributed by atoms with van der Waals surface area (Å²) in [5.74, 6) is -0.387. The van der Waals surface area contributed by atoms with Gasteiger partial charge in [0.2, 0.25) is 0 Å². The molecule has 0 spiro atoms. The summed E-state index contributed by atoms with van der Waals surface area (Å²) in [4.78, 5) is 0. The summed E-state index contributed by atoms with van der Waals surface area (Å²) in [5.41, 5.74) is 1.95. The summed E-state index contributed by atoms with van der Waals surface area (Å²) in [5, 5.41) is 28.4. The summed E-state index contributed by atoms with van der Waals surface area (Å²) >= 11 is 0. The number of hydrogen-bond acceptors (Lipinski definition) is 7. The van der Waals surface area contributed by atoms with Crippen LogP contribution in [0.3, 0.4) is 0 Å². The number of hydrogen-bond donors (Lipinski definition) is 3. The lowest BCUT2D eigenvalue weighted by atomic mass is 10.0. The largest absolute Gasteiger partial charge is 0.506 e. The maximum Gasteiger partial charge on any atom is 0.157 e. The lowest BCUT2D eigenvalue weighted by molar-refractivity contribution is 0.403. The molecule has 0 bridgehead atoms. The van der Waals surface area contributed by atoms with Gasteiger partial charge in [-0.25, -0.2) is 0 Å². The molecule has 6 nitrogen and oxygen atoms in total. The van der Waals surface area contributed by atoms with Gasteiger partial charge in [0, 0.05) is 7.11 Å². The Bertz CT molecular complexity index is 754. The second kappa shape index (κ2) is 7.15. The van der Waals surface area contributed by atoms with Crippen molar-refractivity contribution in [3.8, 4) is 17.2 Å². The molecule has 0 heterocycles. The molecule has 118 valence electrons. The maximum atomic E-state index is 11.3. The van der Waals surface area contributed by atoms with Crippen LogP contribution in [-0.4, -0.2) is 22.4 Å². The molecule has 0 amide bonds. The number of phenolic OH excluding ortho intramolecular Hbond substituents is 3. The van der Waals surface area contributed by atoms with Crippen LogP contribution in [0.2, 0.25) is 0 Å². The van der Waals surface area contributed by atoms with Gasteiger partial charge in [-0.1, -0.05) is 23.0 Å². The van der Waals surface area contributed by atoms with Crippen LogP contribution in [0.4, 0.5) is 5.69 Å². The van der Waals surface area contributed by atoms with E-state index < -0.39 is 10.9 Å². The number of aryl methyl sites for hydroxylation is 2. The lowest BCUT2D eigenvalue weighted by Crippen LogP contribution is -1.91. The fourth-order valence-electron chi connectivity index (χ4n) is 1.93. The number of benzene rings is 2. The van der Waals surface area contributed by atoms with Gasteiger partial charge in [0.1, 0.15) is 5.75 Å². The molecule has 0 radical (unpaired) electrons. The summed E-state index contributed by atoms with van der Waals surface area (Å²) in [6.45, 7) is 0. The van der Waals surface area contributed by atoms with E-state index >= 15 is 0 Å². The Labute approximate surface area is 130 Å². The van der Waals surface area contributed by atoms with E-state index in [2.05, 4.69) is 8.55 Å². The summed E-state index contributed by atoms with van der Waals surface area (Å²) in [7, 11) is -0.576. The first-order valence-corrected chi connectivity index (χ1v) is 7.53. The van der Waals surface area contributed by atoms with E-state index in [1.165, 1.54) is 25.3 Å². The van der Waals surface area contributed by atoms with Gasteiger partial charge >= 0.3 is 0 Å². The highest BCUT2D eigenvalue weighted by Gasteiger charge is 2.03. The molecule has 2 aromatic rings. The van der Waals surface area contributed by atoms with Crippen molar-refractivity contribution in [2.24, 2.45) is 4.36 Å². The molecule has 3 N–H and O–H groups in total. The van der Waals surface area contributed by atoms with Crippen LogP contribution >= 0.6 is 0 Å². The van der Waals surface area contributed by atoms with E-state index in [-0.39, 0.29) is 22.9 Å². The number of nitrogens with zero attached hydrogens (tertiary/aromatic N) is 1. The van der Waals surface area contributed by atoms with E-state index in [1.807, 2.05) is 0 Å². The Kier molecular flexibility index (Phi) is 5.24. The second-order valence-corrected chi connectivity index (χ2v) is 5.57. The van der Waals surface area contributed by atoms with Crippen molar-refractivity contribution in [2.45, 2.75) is 12.8 Å². The van der Waals surface area contributed by atoms with Gasteiger partial charge in [0.25, 0.3) is 0 Å². The molecule has 0 aliphatic heterocycles. The van der Waals surface area contributed by atoms with Crippen molar-refractivity contribution in [3.63, 3.8) is 0 Å². The Balaban J connectivity index is 2.14. The van der Waals surface area contributed by atoms with E-state index in [4.69, 9.17) is 0 Å². The van der Waals surface area contributed by atoms with Crippen LogP contribution in [0.25, 0.3) is 0 Å². The maximum absolute atomic E-state index is 11.3. The van der Waals surface area contributed by atoms with Crippen molar-refractivity contribution < 1.29 is 23.7 Å². The van der Waals surface area contributed by atoms with E-state index in [9.17, 15) is 19.5 Å². The van der Waals surface area contributed by atoms with Gasteiger partial charge < -0.3 is 28.1 Å². The van der Waals surface area contributed by atoms with Crippen molar-refractivity contribution in [3.05, 3.63) is 47.5 Å². The first kappa shape index (κ1) is 16.1. The van der Waals surface area contributed by atoms with Crippen molar-refractivity contribution in [1.82, 2.24) is 0 Å². The minimum atomic E-state index is -1.84. The molecule has 0 saturated carbocycles. The van der Waals surface area contributed by atoms with Gasteiger partial charge in [0.05, 0.1) is 5.69 Å². The molecule has 0 aliphatic carbocycles. The predicted molar refractivity (Wildman–Crippen MR) is 82.4 cm³/mol. The third-order valence-electron chi connectivity index (χ3n) is 3.10. The van der Waals surface area contributed by atoms with Crippen LogP contribution < -0.4 is 0 Å². The monoisotopic (exact) mass is 322 g/mol. The van der Waals surface area contributed by atoms with Crippen molar-refractivity contribution in [2.75, 3.05) is 7.11 Å². The highest BCUT2D eigenvalue weighted by Crippen LogP contribution is 2.29. The fourth-order valence-corrected chi connectivity index (χ4v) is 2.31. The number of rotatable bonds is 5. The van der Waals surface area contributed by atoms with Gasteiger partial charge in [-0.15, -0.1) is 0 Å². The molecule has 0 fully saturated rings.